The smallest absolute Gasteiger partial charge is 0.275 e. The van der Waals surface area contributed by atoms with E-state index in [9.17, 15) is 22.7 Å². The molecule has 0 radical (unpaired) electrons. The number of fused-ring (bicyclic) bond motifs is 1. The maximum Gasteiger partial charge on any atom is 0.275 e. The third-order valence-electron chi connectivity index (χ3n) is 4.23. The summed E-state index contributed by atoms with van der Waals surface area (Å²) in [6.07, 6.45) is 0. The largest absolute Gasteiger partial charge is 0.750 e. The molecular formula is C19H19FN3O6S-. The van der Waals surface area contributed by atoms with Gasteiger partial charge in [0, 0.05) is 18.7 Å². The monoisotopic (exact) mass is 436 g/mol. The predicted molar refractivity (Wildman–Crippen MR) is 107 cm³/mol. The first kappa shape index (κ1) is 21.7. The lowest BCUT2D eigenvalue weighted by Crippen LogP contribution is -2.50. The van der Waals surface area contributed by atoms with Crippen molar-refractivity contribution >= 4 is 45.9 Å². The van der Waals surface area contributed by atoms with Crippen LogP contribution in [0.3, 0.4) is 0 Å². The van der Waals surface area contributed by atoms with E-state index >= 15 is 0 Å². The Kier molecular flexibility index (Phi) is 6.06. The Morgan fingerprint density at radius 1 is 1.30 bits per heavy atom. The molecule has 0 saturated carbocycles. The Labute approximate surface area is 174 Å². The molecule has 11 heteroatoms. The summed E-state index contributed by atoms with van der Waals surface area (Å²) in [6, 6.07) is 8.74. The van der Waals surface area contributed by atoms with Crippen molar-refractivity contribution in [2.45, 2.75) is 26.4 Å². The van der Waals surface area contributed by atoms with Crippen molar-refractivity contribution in [1.29, 1.82) is 0 Å². The van der Waals surface area contributed by atoms with Crippen molar-refractivity contribution in [3.63, 3.8) is 0 Å². The number of hydrogen-bond acceptors (Lipinski definition) is 7. The van der Waals surface area contributed by atoms with Gasteiger partial charge in [-0.15, -0.1) is 0 Å². The Morgan fingerprint density at radius 3 is 2.70 bits per heavy atom. The topological polar surface area (TPSA) is 120 Å². The van der Waals surface area contributed by atoms with Crippen LogP contribution < -0.4 is 20.3 Å². The van der Waals surface area contributed by atoms with Crippen LogP contribution in [0.5, 0.6) is 5.75 Å². The third kappa shape index (κ3) is 4.58. The first-order valence-electron chi connectivity index (χ1n) is 8.79. The first-order chi connectivity index (χ1) is 14.1. The molecule has 0 fully saturated rings. The molecule has 0 saturated heterocycles. The predicted octanol–water partition coefficient (Wildman–Crippen LogP) is 2.80. The molecule has 1 atom stereocenters. The second kappa shape index (κ2) is 8.38. The highest BCUT2D eigenvalue weighted by atomic mass is 32.2. The average molecular weight is 436 g/mol. The molecule has 1 aliphatic rings. The summed E-state index contributed by atoms with van der Waals surface area (Å²) in [5, 5.41) is 5.16. The highest BCUT2D eigenvalue weighted by Crippen LogP contribution is 2.43. The van der Waals surface area contributed by atoms with E-state index in [-0.39, 0.29) is 18.3 Å². The highest BCUT2D eigenvalue weighted by Gasteiger charge is 2.42. The Balaban J connectivity index is 2.01. The van der Waals surface area contributed by atoms with E-state index in [0.29, 0.717) is 22.8 Å². The van der Waals surface area contributed by atoms with E-state index in [4.69, 9.17) is 4.74 Å². The number of nitrogens with one attached hydrogen (secondary N) is 2. The Morgan fingerprint density at radius 2 is 2.03 bits per heavy atom. The molecule has 1 heterocycles. The van der Waals surface area contributed by atoms with Gasteiger partial charge in [0.2, 0.25) is 5.91 Å². The second-order valence-corrected chi connectivity index (χ2v) is 7.57. The third-order valence-corrected chi connectivity index (χ3v) is 4.54. The van der Waals surface area contributed by atoms with Crippen molar-refractivity contribution in [2.75, 3.05) is 22.3 Å². The van der Waals surface area contributed by atoms with Crippen LogP contribution in [-0.2, 0) is 25.1 Å². The molecular weight excluding hydrogens is 417 g/mol. The van der Waals surface area contributed by atoms with Gasteiger partial charge in [0.15, 0.2) is 5.60 Å². The van der Waals surface area contributed by atoms with Gasteiger partial charge in [-0.2, -0.15) is 0 Å². The van der Waals surface area contributed by atoms with Crippen LogP contribution in [0, 0.1) is 5.82 Å². The second-order valence-electron chi connectivity index (χ2n) is 6.92. The lowest BCUT2D eigenvalue weighted by atomic mass is 10.0. The molecule has 30 heavy (non-hydrogen) atoms. The summed E-state index contributed by atoms with van der Waals surface area (Å²) < 4.78 is 45.3. The first-order valence-corrected chi connectivity index (χ1v) is 9.79. The fourth-order valence-corrected chi connectivity index (χ4v) is 3.10. The average Bonchev–Trinajstić information content (AvgIpc) is 2.64. The van der Waals surface area contributed by atoms with Gasteiger partial charge in [-0.05, 0) is 44.2 Å². The summed E-state index contributed by atoms with van der Waals surface area (Å²) in [6.45, 7) is 4.16. The molecule has 9 nitrogen and oxygen atoms in total. The van der Waals surface area contributed by atoms with Crippen LogP contribution >= 0.6 is 0 Å². The normalized spacial score (nSPS) is 15.8. The minimum Gasteiger partial charge on any atom is -0.750 e. The molecule has 0 aromatic heterocycles. The van der Waals surface area contributed by atoms with Crippen LogP contribution in [0.2, 0.25) is 0 Å². The lowest BCUT2D eigenvalue weighted by Gasteiger charge is -2.39. The van der Waals surface area contributed by atoms with Gasteiger partial charge < -0.3 is 19.9 Å². The SMILES string of the molecule is CC(=O)Nc1cc(N2C(=O)C(C)(C)Oc3cc(NCOS(=O)[O-])ccc32)ccc1F. The number of ether oxygens (including phenoxy) is 1. The van der Waals surface area contributed by atoms with E-state index in [2.05, 4.69) is 14.8 Å². The van der Waals surface area contributed by atoms with Crippen LogP contribution in [0.1, 0.15) is 20.8 Å². The number of nitrogens with zero attached hydrogens (tertiary/aromatic N) is 1. The molecule has 2 amide bonds. The minimum absolute atomic E-state index is 0.0558. The summed E-state index contributed by atoms with van der Waals surface area (Å²) in [5.41, 5.74) is -0.0459. The number of hydrogen-bond donors (Lipinski definition) is 2. The highest BCUT2D eigenvalue weighted by molar-refractivity contribution is 7.74. The summed E-state index contributed by atoms with van der Waals surface area (Å²) in [5.74, 6) is -1.12. The molecule has 1 unspecified atom stereocenters. The van der Waals surface area contributed by atoms with E-state index in [1.54, 1.807) is 32.0 Å². The molecule has 2 aromatic rings. The molecule has 2 N–H and O–H groups in total. The van der Waals surface area contributed by atoms with E-state index in [1.807, 2.05) is 0 Å². The van der Waals surface area contributed by atoms with Crippen molar-refractivity contribution in [3.8, 4) is 5.75 Å². The molecule has 1 aliphatic heterocycles. The molecule has 3 rings (SSSR count). The number of amides is 2. The van der Waals surface area contributed by atoms with Crippen LogP contribution in [0.4, 0.5) is 27.1 Å². The van der Waals surface area contributed by atoms with E-state index < -0.39 is 28.7 Å². The van der Waals surface area contributed by atoms with Crippen LogP contribution in [-0.4, -0.2) is 32.9 Å². The van der Waals surface area contributed by atoms with Gasteiger partial charge in [0.1, 0.15) is 18.3 Å². The zero-order chi connectivity index (χ0) is 22.1. The number of rotatable bonds is 6. The number of benzene rings is 2. The molecule has 0 spiro atoms. The van der Waals surface area contributed by atoms with Gasteiger partial charge in [0.25, 0.3) is 5.91 Å². The molecule has 2 aromatic carbocycles. The number of anilines is 4. The molecule has 160 valence electrons. The molecule has 0 bridgehead atoms. The Bertz CT molecular complexity index is 1030. The van der Waals surface area contributed by atoms with Gasteiger partial charge in [-0.1, -0.05) is 0 Å². The van der Waals surface area contributed by atoms with Crippen molar-refractivity contribution in [3.05, 3.63) is 42.2 Å². The zero-order valence-electron chi connectivity index (χ0n) is 16.4. The quantitative estimate of drug-likeness (QED) is 0.528. The maximum atomic E-state index is 14.1. The molecule has 0 aliphatic carbocycles. The maximum absolute atomic E-state index is 14.1. The summed E-state index contributed by atoms with van der Waals surface area (Å²) in [7, 11) is 0. The van der Waals surface area contributed by atoms with E-state index in [1.165, 1.54) is 24.0 Å². The van der Waals surface area contributed by atoms with Crippen LogP contribution in [0.25, 0.3) is 0 Å². The lowest BCUT2D eigenvalue weighted by molar-refractivity contribution is -0.131. The number of carbonyl (C=O) groups is 2. The summed E-state index contributed by atoms with van der Waals surface area (Å²) in [4.78, 5) is 25.8. The fraction of sp³-hybridized carbons (Fsp3) is 0.263. The van der Waals surface area contributed by atoms with Gasteiger partial charge in [0.05, 0.1) is 28.4 Å². The van der Waals surface area contributed by atoms with E-state index in [0.717, 1.165) is 6.07 Å². The number of carbonyl (C=O) groups excluding carboxylic acids is 2. The zero-order valence-corrected chi connectivity index (χ0v) is 17.2. The van der Waals surface area contributed by atoms with Crippen molar-refractivity contribution in [2.24, 2.45) is 0 Å². The Hall–Kier alpha value is -3.02. The van der Waals surface area contributed by atoms with Gasteiger partial charge in [-0.25, -0.2) is 8.60 Å². The minimum atomic E-state index is -2.65. The standard InChI is InChI=1S/C19H20FN3O6S/c1-11(24)22-15-9-13(5-6-14(15)20)23-16-7-4-12(21-10-28-30(26)27)8-17(16)29-19(2,3)18(23)25/h4-9,21H,10H2,1-3H3,(H,22,24)(H,26,27)/p-1. The summed E-state index contributed by atoms with van der Waals surface area (Å²) >= 11 is -2.65. The fourth-order valence-electron chi connectivity index (χ4n) is 2.94. The number of halogens is 1. The van der Waals surface area contributed by atoms with Gasteiger partial charge >= 0.3 is 0 Å². The van der Waals surface area contributed by atoms with Crippen molar-refractivity contribution < 1.29 is 31.7 Å². The van der Waals surface area contributed by atoms with Crippen LogP contribution in [0.15, 0.2) is 36.4 Å². The van der Waals surface area contributed by atoms with Crippen molar-refractivity contribution in [1.82, 2.24) is 0 Å². The van der Waals surface area contributed by atoms with Gasteiger partial charge in [-0.3, -0.25) is 18.7 Å².